The molecule has 196 valence electrons. The minimum absolute atomic E-state index is 0.127. The Balaban J connectivity index is 1.54. The lowest BCUT2D eigenvalue weighted by atomic mass is 10.0. The average molecular weight is 515 g/mol. The van der Waals surface area contributed by atoms with Gasteiger partial charge in [-0.25, -0.2) is 0 Å². The Kier molecular flexibility index (Phi) is 8.99. The highest BCUT2D eigenvalue weighted by molar-refractivity contribution is 5.96. The fourth-order valence-electron chi connectivity index (χ4n) is 4.14. The van der Waals surface area contributed by atoms with E-state index in [1.165, 1.54) is 18.2 Å². The van der Waals surface area contributed by atoms with E-state index >= 15 is 0 Å². The Labute approximate surface area is 204 Å². The molecule has 0 saturated heterocycles. The van der Waals surface area contributed by atoms with Gasteiger partial charge in [-0.15, -0.1) is 0 Å². The number of hydrogen-bond acceptors (Lipinski definition) is 3. The van der Waals surface area contributed by atoms with Crippen LogP contribution in [0.5, 0.6) is 0 Å². The molecule has 5 nitrogen and oxygen atoms in total. The summed E-state index contributed by atoms with van der Waals surface area (Å²) in [5, 5.41) is 8.53. The number of benzene rings is 2. The van der Waals surface area contributed by atoms with Gasteiger partial charge in [-0.2, -0.15) is 26.3 Å². The van der Waals surface area contributed by atoms with E-state index in [0.717, 1.165) is 56.0 Å². The van der Waals surface area contributed by atoms with Crippen molar-refractivity contribution in [1.82, 2.24) is 16.0 Å². The Morgan fingerprint density at radius 3 is 2.08 bits per heavy atom. The maximum atomic E-state index is 12.9. The molecule has 11 heteroatoms. The molecule has 1 saturated carbocycles. The molecule has 2 amide bonds. The summed E-state index contributed by atoms with van der Waals surface area (Å²) in [6.07, 6.45) is -4.80. The summed E-state index contributed by atoms with van der Waals surface area (Å²) in [5.74, 6) is -1.28. The summed E-state index contributed by atoms with van der Waals surface area (Å²) in [4.78, 5) is 24.7. The lowest BCUT2D eigenvalue weighted by Crippen LogP contribution is -2.51. The first-order valence-electron chi connectivity index (χ1n) is 11.6. The zero-order valence-electron chi connectivity index (χ0n) is 19.3. The molecule has 3 rings (SSSR count). The van der Waals surface area contributed by atoms with Crippen LogP contribution in [0.2, 0.25) is 0 Å². The number of rotatable bonds is 7. The fraction of sp³-hybridized carbons (Fsp3) is 0.440. The zero-order valence-corrected chi connectivity index (χ0v) is 19.3. The van der Waals surface area contributed by atoms with Gasteiger partial charge >= 0.3 is 12.4 Å². The molecule has 0 heterocycles. The third-order valence-electron chi connectivity index (χ3n) is 6.07. The summed E-state index contributed by atoms with van der Waals surface area (Å²) in [6, 6.07) is 8.40. The van der Waals surface area contributed by atoms with Crippen LogP contribution in [0.3, 0.4) is 0 Å². The van der Waals surface area contributed by atoms with Gasteiger partial charge in [0, 0.05) is 24.2 Å². The molecule has 2 aromatic carbocycles. The van der Waals surface area contributed by atoms with E-state index in [1.807, 2.05) is 0 Å². The standard InChI is InChI=1S/C25H27F6N3O2/c26-24(27,28)18-11-9-16(10-12-18)14-32-20-7-2-1-3-8-21(20)34-22(35)15-33-23(36)17-5-4-6-19(13-17)25(29,30)31/h4-6,9-13,20-21,32H,1-3,7-8,14-15H2,(H,33,36)(H,34,35). The summed E-state index contributed by atoms with van der Waals surface area (Å²) < 4.78 is 76.9. The smallest absolute Gasteiger partial charge is 0.350 e. The lowest BCUT2D eigenvalue weighted by Gasteiger charge is -2.27. The Hall–Kier alpha value is -3.08. The van der Waals surface area contributed by atoms with Crippen LogP contribution in [0.1, 0.15) is 59.2 Å². The molecule has 0 bridgehead atoms. The van der Waals surface area contributed by atoms with Crippen LogP contribution in [0, 0.1) is 0 Å². The van der Waals surface area contributed by atoms with Crippen molar-refractivity contribution in [2.24, 2.45) is 0 Å². The zero-order chi connectivity index (χ0) is 26.3. The summed E-state index contributed by atoms with van der Waals surface area (Å²) in [7, 11) is 0. The second-order valence-corrected chi connectivity index (χ2v) is 8.76. The van der Waals surface area contributed by atoms with Crippen molar-refractivity contribution < 1.29 is 35.9 Å². The second kappa shape index (κ2) is 11.8. The Bertz CT molecular complexity index is 1040. The van der Waals surface area contributed by atoms with Gasteiger partial charge in [-0.05, 0) is 48.7 Å². The quantitative estimate of drug-likeness (QED) is 0.357. The molecule has 0 spiro atoms. The number of carbonyl (C=O) groups is 2. The molecule has 1 aliphatic carbocycles. The van der Waals surface area contributed by atoms with Crippen LogP contribution < -0.4 is 16.0 Å². The Morgan fingerprint density at radius 1 is 0.806 bits per heavy atom. The summed E-state index contributed by atoms with van der Waals surface area (Å²) in [5.41, 5.74) is -1.22. The van der Waals surface area contributed by atoms with Crippen LogP contribution in [-0.4, -0.2) is 30.4 Å². The van der Waals surface area contributed by atoms with E-state index in [9.17, 15) is 35.9 Å². The van der Waals surface area contributed by atoms with Gasteiger partial charge in [0.2, 0.25) is 5.91 Å². The molecular formula is C25H27F6N3O2. The van der Waals surface area contributed by atoms with Crippen molar-refractivity contribution in [2.45, 2.75) is 63.1 Å². The van der Waals surface area contributed by atoms with E-state index in [1.54, 1.807) is 0 Å². The maximum Gasteiger partial charge on any atom is 0.416 e. The normalized spacial score (nSPS) is 18.8. The molecule has 3 N–H and O–H groups in total. The molecule has 2 unspecified atom stereocenters. The van der Waals surface area contributed by atoms with Gasteiger partial charge in [-0.1, -0.05) is 37.5 Å². The number of hydrogen-bond donors (Lipinski definition) is 3. The summed E-state index contributed by atoms with van der Waals surface area (Å²) in [6.45, 7) is -0.0847. The predicted molar refractivity (Wildman–Crippen MR) is 121 cm³/mol. The van der Waals surface area contributed by atoms with Gasteiger partial charge in [0.25, 0.3) is 5.91 Å². The second-order valence-electron chi connectivity index (χ2n) is 8.76. The molecular weight excluding hydrogens is 488 g/mol. The molecule has 0 radical (unpaired) electrons. The van der Waals surface area contributed by atoms with E-state index in [0.29, 0.717) is 18.5 Å². The predicted octanol–water partition coefficient (Wildman–Crippen LogP) is 5.06. The highest BCUT2D eigenvalue weighted by atomic mass is 19.4. The number of alkyl halides is 6. The van der Waals surface area contributed by atoms with Crippen LogP contribution in [-0.2, 0) is 23.7 Å². The highest BCUT2D eigenvalue weighted by Crippen LogP contribution is 2.30. The third kappa shape index (κ3) is 7.97. The van der Waals surface area contributed by atoms with Gasteiger partial charge in [0.1, 0.15) is 0 Å². The maximum absolute atomic E-state index is 12.9. The first-order chi connectivity index (χ1) is 16.9. The number of halogens is 6. The SMILES string of the molecule is O=C(CNC(=O)c1cccc(C(F)(F)F)c1)NC1CCCCCC1NCc1ccc(C(F)(F)F)cc1. The Morgan fingerprint density at radius 2 is 1.44 bits per heavy atom. The van der Waals surface area contributed by atoms with Crippen molar-refractivity contribution in [2.75, 3.05) is 6.54 Å². The average Bonchev–Trinajstić information content (AvgIpc) is 3.05. The first kappa shape index (κ1) is 27.5. The van der Waals surface area contributed by atoms with Crippen molar-refractivity contribution >= 4 is 11.8 Å². The van der Waals surface area contributed by atoms with Crippen molar-refractivity contribution in [3.63, 3.8) is 0 Å². The van der Waals surface area contributed by atoms with Crippen LogP contribution in [0.25, 0.3) is 0 Å². The highest BCUT2D eigenvalue weighted by Gasteiger charge is 2.31. The van der Waals surface area contributed by atoms with Crippen molar-refractivity contribution in [3.8, 4) is 0 Å². The molecule has 36 heavy (non-hydrogen) atoms. The van der Waals surface area contributed by atoms with E-state index < -0.39 is 41.8 Å². The molecule has 1 aliphatic rings. The summed E-state index contributed by atoms with van der Waals surface area (Å²) >= 11 is 0. The van der Waals surface area contributed by atoms with Crippen molar-refractivity contribution in [1.29, 1.82) is 0 Å². The molecule has 0 aromatic heterocycles. The third-order valence-corrected chi connectivity index (χ3v) is 6.07. The minimum atomic E-state index is -4.59. The van der Waals surface area contributed by atoms with Gasteiger partial charge in [-0.3, -0.25) is 9.59 Å². The van der Waals surface area contributed by atoms with Crippen LogP contribution in [0.15, 0.2) is 48.5 Å². The monoisotopic (exact) mass is 515 g/mol. The molecule has 1 fully saturated rings. The van der Waals surface area contributed by atoms with Gasteiger partial charge in [0.15, 0.2) is 0 Å². The van der Waals surface area contributed by atoms with Gasteiger partial charge in [0.05, 0.1) is 17.7 Å². The van der Waals surface area contributed by atoms with Crippen molar-refractivity contribution in [3.05, 3.63) is 70.8 Å². The molecule has 0 aliphatic heterocycles. The first-order valence-corrected chi connectivity index (χ1v) is 11.6. The molecule has 2 atom stereocenters. The minimum Gasteiger partial charge on any atom is -0.350 e. The number of amides is 2. The lowest BCUT2D eigenvalue weighted by molar-refractivity contribution is -0.138. The van der Waals surface area contributed by atoms with Gasteiger partial charge < -0.3 is 16.0 Å². The largest absolute Gasteiger partial charge is 0.416 e. The number of nitrogens with one attached hydrogen (secondary N) is 3. The van der Waals surface area contributed by atoms with E-state index in [4.69, 9.17) is 0 Å². The van der Waals surface area contributed by atoms with E-state index in [2.05, 4.69) is 16.0 Å². The number of carbonyl (C=O) groups excluding carboxylic acids is 2. The van der Waals surface area contributed by atoms with Crippen LogP contribution in [0.4, 0.5) is 26.3 Å². The van der Waals surface area contributed by atoms with E-state index in [-0.39, 0.29) is 17.6 Å². The topological polar surface area (TPSA) is 70.2 Å². The fourth-order valence-corrected chi connectivity index (χ4v) is 4.14. The molecule has 2 aromatic rings. The van der Waals surface area contributed by atoms with Crippen LogP contribution >= 0.6 is 0 Å².